The minimum Gasteiger partial charge on any atom is -0.481 e. The van der Waals surface area contributed by atoms with Crippen LogP contribution in [0.1, 0.15) is 40.0 Å². The molecule has 0 spiro atoms. The molecule has 9 N–H and O–H groups in total. The number of nitrogens with one attached hydrogen (secondary N) is 3. The first kappa shape index (κ1) is 32.9. The Hall–Kier alpha value is -3.14. The summed E-state index contributed by atoms with van der Waals surface area (Å²) in [5, 5.41) is 44.8. The number of ether oxygens (including phenoxy) is 1. The Morgan fingerprint density at radius 2 is 1.64 bits per heavy atom. The summed E-state index contributed by atoms with van der Waals surface area (Å²) in [5.41, 5.74) is 5.19. The second-order valence-electron chi connectivity index (χ2n) is 8.23. The van der Waals surface area contributed by atoms with Crippen molar-refractivity contribution in [1.82, 2.24) is 16.0 Å². The number of aliphatic hydroxyl groups excluding tert-OH is 3. The molecule has 36 heavy (non-hydrogen) atoms. The Bertz CT molecular complexity index is 779. The van der Waals surface area contributed by atoms with Gasteiger partial charge in [-0.1, -0.05) is 6.92 Å². The van der Waals surface area contributed by atoms with Gasteiger partial charge in [-0.05, 0) is 13.3 Å². The van der Waals surface area contributed by atoms with E-state index in [1.807, 2.05) is 0 Å². The molecule has 15 nitrogen and oxygen atoms in total. The highest BCUT2D eigenvalue weighted by Gasteiger charge is 2.34. The molecule has 206 valence electrons. The van der Waals surface area contributed by atoms with Crippen molar-refractivity contribution in [2.24, 2.45) is 11.7 Å². The van der Waals surface area contributed by atoms with Gasteiger partial charge in [-0.3, -0.25) is 24.0 Å². The highest BCUT2D eigenvalue weighted by atomic mass is 16.5. The van der Waals surface area contributed by atoms with Crippen molar-refractivity contribution >= 4 is 35.9 Å². The molecule has 0 aliphatic rings. The molecule has 0 aromatic carbocycles. The van der Waals surface area contributed by atoms with Gasteiger partial charge in [0.25, 0.3) is 0 Å². The van der Waals surface area contributed by atoms with Crippen molar-refractivity contribution in [3.63, 3.8) is 0 Å². The molecule has 0 saturated carbocycles. The molecule has 0 aromatic heterocycles. The monoisotopic (exact) mass is 520 g/mol. The Labute approximate surface area is 207 Å². The Morgan fingerprint density at radius 3 is 2.11 bits per heavy atom. The fourth-order valence-electron chi connectivity index (χ4n) is 2.99. The number of primary amides is 1. The van der Waals surface area contributed by atoms with Gasteiger partial charge in [0.2, 0.25) is 23.6 Å². The van der Waals surface area contributed by atoms with Crippen LogP contribution in [0, 0.1) is 5.92 Å². The van der Waals surface area contributed by atoms with Crippen molar-refractivity contribution < 1.29 is 53.9 Å². The maximum absolute atomic E-state index is 12.4. The van der Waals surface area contributed by atoms with Crippen molar-refractivity contribution in [3.05, 3.63) is 0 Å². The number of carboxylic acids is 1. The number of hydrogen-bond acceptors (Lipinski definition) is 10. The fourth-order valence-corrected chi connectivity index (χ4v) is 2.99. The minimum absolute atomic E-state index is 0.195. The average Bonchev–Trinajstić information content (AvgIpc) is 2.80. The lowest BCUT2D eigenvalue weighted by molar-refractivity contribution is -0.139. The first-order chi connectivity index (χ1) is 16.7. The number of carbonyl (C=O) groups is 6. The average molecular weight is 521 g/mol. The maximum atomic E-state index is 12.4. The third-order valence-electron chi connectivity index (χ3n) is 5.29. The molecule has 0 fully saturated rings. The largest absolute Gasteiger partial charge is 0.481 e. The van der Waals surface area contributed by atoms with Crippen LogP contribution in [-0.4, -0.2) is 106 Å². The molecule has 7 atom stereocenters. The highest BCUT2D eigenvalue weighted by molar-refractivity contribution is 5.88. The van der Waals surface area contributed by atoms with E-state index in [4.69, 9.17) is 20.7 Å². The first-order valence-corrected chi connectivity index (χ1v) is 11.2. The third-order valence-corrected chi connectivity index (χ3v) is 5.29. The van der Waals surface area contributed by atoms with Crippen molar-refractivity contribution in [3.8, 4) is 0 Å². The van der Waals surface area contributed by atoms with E-state index in [9.17, 15) is 39.0 Å². The molecule has 0 radical (unpaired) electrons. The van der Waals surface area contributed by atoms with Gasteiger partial charge in [0, 0.05) is 25.8 Å². The van der Waals surface area contributed by atoms with E-state index in [-0.39, 0.29) is 32.2 Å². The normalized spacial score (nSPS) is 16.8. The zero-order valence-electron chi connectivity index (χ0n) is 20.4. The summed E-state index contributed by atoms with van der Waals surface area (Å²) in [4.78, 5) is 69.5. The molecule has 0 bridgehead atoms. The SMILES string of the molecule is CC(=O)N[C@@H](C=O)[C@@H](OCCC(=O)NC(C)C(C)C(=O)NC(CCC(=O)O)C(N)=O)[C@H](O)[C@H](O)CO. The molecule has 15 heteroatoms. The van der Waals surface area contributed by atoms with E-state index in [1.165, 1.54) is 13.8 Å². The van der Waals surface area contributed by atoms with Gasteiger partial charge in [0.1, 0.15) is 36.7 Å². The topological polar surface area (TPSA) is 255 Å². The maximum Gasteiger partial charge on any atom is 0.303 e. The summed E-state index contributed by atoms with van der Waals surface area (Å²) in [6.45, 7) is 2.89. The van der Waals surface area contributed by atoms with E-state index in [0.29, 0.717) is 0 Å². The highest BCUT2D eigenvalue weighted by Crippen LogP contribution is 2.11. The van der Waals surface area contributed by atoms with Crippen LogP contribution in [0.3, 0.4) is 0 Å². The molecule has 0 aliphatic carbocycles. The lowest BCUT2D eigenvalue weighted by atomic mass is 10.0. The Kier molecular flexibility index (Phi) is 15.1. The molecule has 0 rings (SSSR count). The van der Waals surface area contributed by atoms with E-state index < -0.39 is 78.6 Å². The summed E-state index contributed by atoms with van der Waals surface area (Å²) in [5.74, 6) is -4.75. The van der Waals surface area contributed by atoms with Crippen LogP contribution >= 0.6 is 0 Å². The van der Waals surface area contributed by atoms with E-state index in [0.717, 1.165) is 6.92 Å². The second kappa shape index (κ2) is 16.5. The smallest absolute Gasteiger partial charge is 0.303 e. The van der Waals surface area contributed by atoms with Crippen molar-refractivity contribution in [2.75, 3.05) is 13.2 Å². The third kappa shape index (κ3) is 12.0. The molecule has 0 saturated heterocycles. The van der Waals surface area contributed by atoms with Crippen LogP contribution in [0.4, 0.5) is 0 Å². The molecule has 0 aliphatic heterocycles. The lowest BCUT2D eigenvalue weighted by Crippen LogP contribution is -2.54. The van der Waals surface area contributed by atoms with Crippen LogP contribution in [-0.2, 0) is 33.5 Å². The van der Waals surface area contributed by atoms with Gasteiger partial charge in [0.05, 0.1) is 19.1 Å². The number of aliphatic hydroxyl groups is 3. The molecular formula is C21H36N4O11. The van der Waals surface area contributed by atoms with Gasteiger partial charge >= 0.3 is 5.97 Å². The molecule has 3 unspecified atom stereocenters. The van der Waals surface area contributed by atoms with E-state index in [1.54, 1.807) is 0 Å². The Balaban J connectivity index is 4.96. The lowest BCUT2D eigenvalue weighted by Gasteiger charge is -2.30. The van der Waals surface area contributed by atoms with Crippen LogP contribution < -0.4 is 21.7 Å². The summed E-state index contributed by atoms with van der Waals surface area (Å²) in [6, 6.07) is -3.30. The van der Waals surface area contributed by atoms with Gasteiger partial charge in [0.15, 0.2) is 0 Å². The predicted octanol–water partition coefficient (Wildman–Crippen LogP) is -3.84. The number of hydrogen-bond donors (Lipinski definition) is 8. The van der Waals surface area contributed by atoms with Crippen LogP contribution in [0.5, 0.6) is 0 Å². The summed E-state index contributed by atoms with van der Waals surface area (Å²) < 4.78 is 5.36. The number of rotatable bonds is 18. The van der Waals surface area contributed by atoms with Gasteiger partial charge in [-0.25, -0.2) is 0 Å². The van der Waals surface area contributed by atoms with E-state index >= 15 is 0 Å². The van der Waals surface area contributed by atoms with Crippen LogP contribution in [0.15, 0.2) is 0 Å². The molecule has 4 amide bonds. The second-order valence-corrected chi connectivity index (χ2v) is 8.23. The minimum atomic E-state index is -1.76. The Morgan fingerprint density at radius 1 is 1.03 bits per heavy atom. The van der Waals surface area contributed by atoms with Crippen LogP contribution in [0.25, 0.3) is 0 Å². The zero-order chi connectivity index (χ0) is 28.0. The van der Waals surface area contributed by atoms with Gasteiger partial charge in [-0.15, -0.1) is 0 Å². The molecule has 0 heterocycles. The number of aliphatic carboxylic acids is 1. The zero-order valence-corrected chi connectivity index (χ0v) is 20.4. The number of carbonyl (C=O) groups excluding carboxylic acids is 5. The number of aldehydes is 1. The number of amides is 4. The van der Waals surface area contributed by atoms with Crippen molar-refractivity contribution in [1.29, 1.82) is 0 Å². The summed E-state index contributed by atoms with van der Waals surface area (Å²) in [6.07, 6.45) is -5.52. The quantitative estimate of drug-likeness (QED) is 0.0812. The van der Waals surface area contributed by atoms with Crippen molar-refractivity contribution in [2.45, 2.75) is 76.5 Å². The van der Waals surface area contributed by atoms with E-state index in [2.05, 4.69) is 16.0 Å². The number of nitrogens with two attached hydrogens (primary N) is 1. The standard InChI is InChI=1S/C21H36N4O11/c1-10(21(35)25-13(20(22)34)4-5-17(31)32)11(2)23-16(30)6-7-36-19(18(33)15(29)9-27)14(8-26)24-12(3)28/h8,10-11,13-15,18-19,27,29,33H,4-7,9H2,1-3H3,(H2,22,34)(H,23,30)(H,24,28)(H,25,35)(H,31,32)/t10?,11?,13?,14-,15+,18+,19+/m0/s1. The van der Waals surface area contributed by atoms with Crippen LogP contribution in [0.2, 0.25) is 0 Å². The molecular weight excluding hydrogens is 484 g/mol. The molecule has 0 aromatic rings. The van der Waals surface area contributed by atoms with Gasteiger partial charge < -0.3 is 51.6 Å². The van der Waals surface area contributed by atoms with Gasteiger partial charge in [-0.2, -0.15) is 0 Å². The predicted molar refractivity (Wildman–Crippen MR) is 122 cm³/mol. The fraction of sp³-hybridized carbons (Fsp3) is 0.714. The number of carboxylic acid groups (broad SMARTS) is 1. The first-order valence-electron chi connectivity index (χ1n) is 11.2. The summed E-state index contributed by atoms with van der Waals surface area (Å²) >= 11 is 0. The summed E-state index contributed by atoms with van der Waals surface area (Å²) in [7, 11) is 0.